The maximum Gasteiger partial charge on any atom is 0.277 e. The van der Waals surface area contributed by atoms with E-state index in [1.807, 2.05) is 4.90 Å². The lowest BCUT2D eigenvalue weighted by molar-refractivity contribution is 0.125. The van der Waals surface area contributed by atoms with Crippen LogP contribution in [0, 0.1) is 0 Å². The summed E-state index contributed by atoms with van der Waals surface area (Å²) in [7, 11) is -2.04. The summed E-state index contributed by atoms with van der Waals surface area (Å²) in [5.41, 5.74) is 0.680. The molecule has 160 valence electrons. The first kappa shape index (κ1) is 20.4. The molecule has 2 aromatic heterocycles. The highest BCUT2D eigenvalue weighted by molar-refractivity contribution is 7.89. The van der Waals surface area contributed by atoms with E-state index in [2.05, 4.69) is 9.97 Å². The molecule has 9 nitrogen and oxygen atoms in total. The van der Waals surface area contributed by atoms with E-state index in [4.69, 9.17) is 0 Å². The summed E-state index contributed by atoms with van der Waals surface area (Å²) in [5, 5.41) is 0.267. The first-order valence-electron chi connectivity index (χ1n) is 9.27. The minimum Gasteiger partial charge on any atom is -0.369 e. The number of alkyl halides is 2. The number of nitrogens with zero attached hydrogens (tertiary/aromatic N) is 6. The maximum atomic E-state index is 12.8. The molecule has 1 aliphatic heterocycles. The van der Waals surface area contributed by atoms with E-state index in [9.17, 15) is 22.0 Å². The Balaban J connectivity index is 1.52. The fourth-order valence-electron chi connectivity index (χ4n) is 3.52. The van der Waals surface area contributed by atoms with Crippen molar-refractivity contribution in [1.82, 2.24) is 23.4 Å². The highest BCUT2D eigenvalue weighted by atomic mass is 32.2. The number of hydrogen-bond acceptors (Lipinski definition) is 6. The molecule has 1 saturated heterocycles. The molecule has 0 atom stereocenters. The monoisotopic (exact) mass is 438 g/mol. The van der Waals surface area contributed by atoms with Crippen LogP contribution in [0.3, 0.4) is 0 Å². The molecule has 0 bridgehead atoms. The summed E-state index contributed by atoms with van der Waals surface area (Å²) in [6.45, 7) is 0.790. The normalized spacial score (nSPS) is 15.9. The third-order valence-electron chi connectivity index (χ3n) is 5.09. The van der Waals surface area contributed by atoms with Gasteiger partial charge in [-0.25, -0.2) is 27.2 Å². The van der Waals surface area contributed by atoms with Crippen molar-refractivity contribution in [2.45, 2.75) is 18.1 Å². The summed E-state index contributed by atoms with van der Waals surface area (Å²) < 4.78 is 54.5. The molecule has 0 unspecified atom stereocenters. The number of aromatic nitrogens is 4. The number of sulfonamides is 1. The SMILES string of the molecule is Cn1ccnc1S(=O)(=O)N1CCN(c2ccc3c(=O)n(CC(F)F)cnc3c2)CC1. The molecule has 0 saturated carbocycles. The third-order valence-corrected chi connectivity index (χ3v) is 6.99. The fourth-order valence-corrected chi connectivity index (χ4v) is 5.02. The molecule has 12 heteroatoms. The van der Waals surface area contributed by atoms with Crippen LogP contribution in [0.25, 0.3) is 10.9 Å². The summed E-state index contributed by atoms with van der Waals surface area (Å²) in [6, 6.07) is 5.01. The number of piperazine rings is 1. The van der Waals surface area contributed by atoms with Gasteiger partial charge >= 0.3 is 0 Å². The van der Waals surface area contributed by atoms with Crippen LogP contribution in [-0.2, 0) is 23.6 Å². The number of halogens is 2. The van der Waals surface area contributed by atoms with Crippen LogP contribution in [0.5, 0.6) is 0 Å². The summed E-state index contributed by atoms with van der Waals surface area (Å²) in [5.74, 6) is 0. The number of anilines is 1. The van der Waals surface area contributed by atoms with Gasteiger partial charge in [-0.2, -0.15) is 4.31 Å². The molecule has 0 spiro atoms. The minimum absolute atomic E-state index is 0.00549. The Labute approximate surface area is 171 Å². The third kappa shape index (κ3) is 3.67. The van der Waals surface area contributed by atoms with Crippen molar-refractivity contribution >= 4 is 26.6 Å². The van der Waals surface area contributed by atoms with Crippen molar-refractivity contribution in [2.24, 2.45) is 7.05 Å². The van der Waals surface area contributed by atoms with Crippen molar-refractivity contribution in [2.75, 3.05) is 31.1 Å². The van der Waals surface area contributed by atoms with Crippen LogP contribution in [0.2, 0.25) is 0 Å². The van der Waals surface area contributed by atoms with E-state index in [0.29, 0.717) is 18.6 Å². The van der Waals surface area contributed by atoms with Crippen molar-refractivity contribution < 1.29 is 17.2 Å². The van der Waals surface area contributed by atoms with Gasteiger partial charge in [0.15, 0.2) is 0 Å². The number of hydrogen-bond donors (Lipinski definition) is 0. The van der Waals surface area contributed by atoms with Crippen LogP contribution in [0.4, 0.5) is 14.5 Å². The Morgan fingerprint density at radius 1 is 1.13 bits per heavy atom. The maximum absolute atomic E-state index is 12.8. The van der Waals surface area contributed by atoms with Gasteiger partial charge in [-0.15, -0.1) is 0 Å². The van der Waals surface area contributed by atoms with Gasteiger partial charge in [0.1, 0.15) is 0 Å². The Hall–Kier alpha value is -2.86. The minimum atomic E-state index is -3.67. The zero-order valence-corrected chi connectivity index (χ0v) is 17.0. The molecule has 3 heterocycles. The predicted molar refractivity (Wildman–Crippen MR) is 106 cm³/mol. The standard InChI is InChI=1S/C18H20F2N6O3S/c1-23-5-4-21-18(23)30(28,29)26-8-6-24(7-9-26)13-2-3-14-15(10-13)22-12-25(17(14)27)11-16(19)20/h2-5,10,12,16H,6-9,11H2,1H3. The highest BCUT2D eigenvalue weighted by Gasteiger charge is 2.31. The van der Waals surface area contributed by atoms with Gasteiger partial charge in [0.2, 0.25) is 5.16 Å². The van der Waals surface area contributed by atoms with E-state index in [-0.39, 0.29) is 23.6 Å². The molecular formula is C18H20F2N6O3S. The largest absolute Gasteiger partial charge is 0.369 e. The van der Waals surface area contributed by atoms with Gasteiger partial charge in [-0.05, 0) is 18.2 Å². The highest BCUT2D eigenvalue weighted by Crippen LogP contribution is 2.22. The Morgan fingerprint density at radius 3 is 2.50 bits per heavy atom. The quantitative estimate of drug-likeness (QED) is 0.588. The van der Waals surface area contributed by atoms with Crippen molar-refractivity contribution in [3.05, 3.63) is 47.3 Å². The van der Waals surface area contributed by atoms with E-state index in [1.54, 1.807) is 31.4 Å². The van der Waals surface area contributed by atoms with Gasteiger partial charge < -0.3 is 9.47 Å². The molecule has 0 N–H and O–H groups in total. The smallest absolute Gasteiger partial charge is 0.277 e. The van der Waals surface area contributed by atoms with Gasteiger partial charge in [-0.3, -0.25) is 9.36 Å². The van der Waals surface area contributed by atoms with Crippen LogP contribution in [-0.4, -0.2) is 64.4 Å². The van der Waals surface area contributed by atoms with E-state index in [0.717, 1.165) is 16.6 Å². The van der Waals surface area contributed by atoms with E-state index < -0.39 is 28.6 Å². The van der Waals surface area contributed by atoms with E-state index >= 15 is 0 Å². The predicted octanol–water partition coefficient (Wildman–Crippen LogP) is 0.906. The van der Waals surface area contributed by atoms with Crippen LogP contribution in [0.1, 0.15) is 0 Å². The Morgan fingerprint density at radius 2 is 1.87 bits per heavy atom. The van der Waals surface area contributed by atoms with E-state index in [1.165, 1.54) is 15.1 Å². The molecule has 1 fully saturated rings. The zero-order chi connectivity index (χ0) is 21.5. The second kappa shape index (κ2) is 7.76. The Kier molecular flexibility index (Phi) is 5.28. The molecule has 0 radical (unpaired) electrons. The lowest BCUT2D eigenvalue weighted by Gasteiger charge is -2.35. The first-order chi connectivity index (χ1) is 14.3. The molecular weight excluding hydrogens is 418 g/mol. The molecule has 1 aromatic carbocycles. The zero-order valence-electron chi connectivity index (χ0n) is 16.1. The Bertz CT molecular complexity index is 1230. The molecule has 30 heavy (non-hydrogen) atoms. The number of rotatable bonds is 5. The van der Waals surface area contributed by atoms with Gasteiger partial charge in [0, 0.05) is 51.3 Å². The molecule has 4 rings (SSSR count). The second-order valence-corrected chi connectivity index (χ2v) is 8.84. The molecule has 0 aliphatic carbocycles. The average molecular weight is 438 g/mol. The summed E-state index contributed by atoms with van der Waals surface area (Å²) >= 11 is 0. The van der Waals surface area contributed by atoms with Crippen molar-refractivity contribution in [1.29, 1.82) is 0 Å². The lowest BCUT2D eigenvalue weighted by atomic mass is 10.2. The number of fused-ring (bicyclic) bond motifs is 1. The number of aryl methyl sites for hydroxylation is 1. The van der Waals surface area contributed by atoms with Gasteiger partial charge in [-0.1, -0.05) is 0 Å². The summed E-state index contributed by atoms with van der Waals surface area (Å²) in [4.78, 5) is 22.4. The number of benzene rings is 1. The van der Waals surface area contributed by atoms with Crippen molar-refractivity contribution in [3.8, 4) is 0 Å². The van der Waals surface area contributed by atoms with Crippen LogP contribution < -0.4 is 10.5 Å². The van der Waals surface area contributed by atoms with Crippen LogP contribution >= 0.6 is 0 Å². The molecule has 0 amide bonds. The lowest BCUT2D eigenvalue weighted by Crippen LogP contribution is -2.49. The van der Waals surface area contributed by atoms with Gasteiger partial charge in [0.25, 0.3) is 22.0 Å². The fraction of sp³-hybridized carbons (Fsp3) is 0.389. The summed E-state index contributed by atoms with van der Waals surface area (Å²) in [6.07, 6.45) is 1.51. The topological polar surface area (TPSA) is 93.3 Å². The van der Waals surface area contributed by atoms with Gasteiger partial charge in [0.05, 0.1) is 23.8 Å². The molecule has 3 aromatic rings. The molecule has 1 aliphatic rings. The second-order valence-electron chi connectivity index (χ2n) is 7.01. The van der Waals surface area contributed by atoms with Crippen LogP contribution in [0.15, 0.2) is 46.9 Å². The first-order valence-corrected chi connectivity index (χ1v) is 10.7. The number of imidazole rings is 1. The van der Waals surface area contributed by atoms with Crippen molar-refractivity contribution in [3.63, 3.8) is 0 Å². The average Bonchev–Trinajstić information content (AvgIpc) is 3.16.